The number of para-hydroxylation sites is 1. The van der Waals surface area contributed by atoms with Gasteiger partial charge in [-0.3, -0.25) is 9.36 Å². The molecule has 2 N–H and O–H groups in total. The van der Waals surface area contributed by atoms with Crippen molar-refractivity contribution in [1.29, 1.82) is 0 Å². The van der Waals surface area contributed by atoms with Crippen LogP contribution in [-0.4, -0.2) is 10.7 Å². The van der Waals surface area contributed by atoms with Gasteiger partial charge in [0.05, 0.1) is 5.52 Å². The number of pyridine rings is 1. The molecule has 3 nitrogen and oxygen atoms in total. The molecule has 96 valence electrons. The van der Waals surface area contributed by atoms with Gasteiger partial charge in [0, 0.05) is 12.1 Å². The maximum absolute atomic E-state index is 12.5. The summed E-state index contributed by atoms with van der Waals surface area (Å²) in [6.07, 6.45) is -4.44. The molecule has 0 aliphatic rings. The van der Waals surface area contributed by atoms with E-state index in [2.05, 4.69) is 0 Å². The van der Waals surface area contributed by atoms with Gasteiger partial charge in [-0.1, -0.05) is 18.2 Å². The third-order valence-electron chi connectivity index (χ3n) is 2.63. The number of nitrogens with zero attached hydrogens (tertiary/aromatic N) is 1. The SMILES string of the molecule is NCc1cc2ccccc2n(CC(F)(F)F)c1=O. The number of nitrogens with two attached hydrogens (primary N) is 1. The topological polar surface area (TPSA) is 48.0 Å². The molecule has 0 atom stereocenters. The lowest BCUT2D eigenvalue weighted by molar-refractivity contribution is -0.140. The number of rotatable bonds is 2. The predicted octanol–water partition coefficient (Wildman–Crippen LogP) is 2.02. The number of fused-ring (bicyclic) bond motifs is 1. The lowest BCUT2D eigenvalue weighted by Crippen LogP contribution is -2.31. The average molecular weight is 256 g/mol. The lowest BCUT2D eigenvalue weighted by Gasteiger charge is -2.14. The molecule has 0 aliphatic heterocycles. The summed E-state index contributed by atoms with van der Waals surface area (Å²) in [5, 5.41) is 0.571. The van der Waals surface area contributed by atoms with Gasteiger partial charge in [0.15, 0.2) is 0 Å². The zero-order chi connectivity index (χ0) is 13.3. The molecule has 0 fully saturated rings. The molecule has 0 saturated carbocycles. The Labute approximate surface area is 101 Å². The van der Waals surface area contributed by atoms with E-state index in [4.69, 9.17) is 5.73 Å². The third-order valence-corrected chi connectivity index (χ3v) is 2.63. The van der Waals surface area contributed by atoms with Crippen molar-refractivity contribution < 1.29 is 13.2 Å². The Morgan fingerprint density at radius 3 is 2.50 bits per heavy atom. The Morgan fingerprint density at radius 2 is 1.89 bits per heavy atom. The first kappa shape index (κ1) is 12.6. The van der Waals surface area contributed by atoms with Crippen LogP contribution in [0.5, 0.6) is 0 Å². The second-order valence-corrected chi connectivity index (χ2v) is 3.94. The summed E-state index contributed by atoms with van der Waals surface area (Å²) in [6, 6.07) is 7.97. The summed E-state index contributed by atoms with van der Waals surface area (Å²) in [7, 11) is 0. The van der Waals surface area contributed by atoms with Gasteiger partial charge in [0.1, 0.15) is 6.54 Å². The Morgan fingerprint density at radius 1 is 1.22 bits per heavy atom. The summed E-state index contributed by atoms with van der Waals surface area (Å²) in [5.41, 5.74) is 5.13. The molecular formula is C12H11F3N2O. The first-order valence-electron chi connectivity index (χ1n) is 5.30. The van der Waals surface area contributed by atoms with Crippen molar-refractivity contribution in [3.8, 4) is 0 Å². The fourth-order valence-electron chi connectivity index (χ4n) is 1.87. The van der Waals surface area contributed by atoms with E-state index in [0.717, 1.165) is 4.57 Å². The molecule has 18 heavy (non-hydrogen) atoms. The minimum absolute atomic E-state index is 0.0818. The van der Waals surface area contributed by atoms with E-state index in [-0.39, 0.29) is 17.6 Å². The summed E-state index contributed by atoms with van der Waals surface area (Å²) in [4.78, 5) is 11.9. The van der Waals surface area contributed by atoms with Crippen molar-refractivity contribution in [2.24, 2.45) is 5.73 Å². The Kier molecular flexibility index (Phi) is 3.13. The third kappa shape index (κ3) is 2.38. The Bertz CT molecular complexity index is 631. The highest BCUT2D eigenvalue weighted by Crippen LogP contribution is 2.20. The van der Waals surface area contributed by atoms with Gasteiger partial charge < -0.3 is 5.73 Å². The molecule has 2 aromatic rings. The van der Waals surface area contributed by atoms with E-state index < -0.39 is 18.3 Å². The highest BCUT2D eigenvalue weighted by Gasteiger charge is 2.29. The number of alkyl halides is 3. The molecular weight excluding hydrogens is 245 g/mol. The van der Waals surface area contributed by atoms with Gasteiger partial charge in [-0.2, -0.15) is 13.2 Å². The quantitative estimate of drug-likeness (QED) is 0.893. The molecule has 0 bridgehead atoms. The second kappa shape index (κ2) is 4.45. The maximum Gasteiger partial charge on any atom is 0.406 e. The van der Waals surface area contributed by atoms with E-state index in [1.54, 1.807) is 18.2 Å². The largest absolute Gasteiger partial charge is 0.406 e. The van der Waals surface area contributed by atoms with Crippen molar-refractivity contribution in [2.45, 2.75) is 19.3 Å². The van der Waals surface area contributed by atoms with Gasteiger partial charge in [0.2, 0.25) is 0 Å². The molecule has 0 amide bonds. The lowest BCUT2D eigenvalue weighted by atomic mass is 10.1. The number of hydrogen-bond acceptors (Lipinski definition) is 2. The molecule has 2 rings (SSSR count). The summed E-state index contributed by atoms with van der Waals surface area (Å²) >= 11 is 0. The number of halogens is 3. The number of aromatic nitrogens is 1. The number of benzene rings is 1. The molecule has 0 unspecified atom stereocenters. The first-order chi connectivity index (χ1) is 8.42. The molecule has 0 aliphatic carbocycles. The first-order valence-corrected chi connectivity index (χ1v) is 5.30. The molecule has 1 heterocycles. The van der Waals surface area contributed by atoms with E-state index in [9.17, 15) is 18.0 Å². The van der Waals surface area contributed by atoms with Gasteiger partial charge >= 0.3 is 6.18 Å². The van der Waals surface area contributed by atoms with Crippen LogP contribution in [0.15, 0.2) is 35.1 Å². The van der Waals surface area contributed by atoms with Crippen LogP contribution in [0.2, 0.25) is 0 Å². The molecule has 0 radical (unpaired) electrons. The van der Waals surface area contributed by atoms with Crippen LogP contribution in [0.25, 0.3) is 10.9 Å². The number of hydrogen-bond donors (Lipinski definition) is 1. The summed E-state index contributed by atoms with van der Waals surface area (Å²) < 4.78 is 38.2. The van der Waals surface area contributed by atoms with Gasteiger partial charge in [-0.25, -0.2) is 0 Å². The van der Waals surface area contributed by atoms with Gasteiger partial charge in [0.25, 0.3) is 5.56 Å². The van der Waals surface area contributed by atoms with Crippen LogP contribution < -0.4 is 11.3 Å². The van der Waals surface area contributed by atoms with Crippen LogP contribution >= 0.6 is 0 Å². The highest BCUT2D eigenvalue weighted by atomic mass is 19.4. The van der Waals surface area contributed by atoms with Gasteiger partial charge in [-0.15, -0.1) is 0 Å². The second-order valence-electron chi connectivity index (χ2n) is 3.94. The highest BCUT2D eigenvalue weighted by molar-refractivity contribution is 5.79. The van der Waals surface area contributed by atoms with E-state index in [0.29, 0.717) is 5.39 Å². The summed E-state index contributed by atoms with van der Waals surface area (Å²) in [5.74, 6) is 0. The average Bonchev–Trinajstić information content (AvgIpc) is 2.31. The molecule has 1 aromatic carbocycles. The van der Waals surface area contributed by atoms with Gasteiger partial charge in [-0.05, 0) is 17.5 Å². The molecule has 0 saturated heterocycles. The smallest absolute Gasteiger partial charge is 0.326 e. The Hall–Kier alpha value is -1.82. The zero-order valence-corrected chi connectivity index (χ0v) is 9.37. The van der Waals surface area contributed by atoms with Crippen LogP contribution in [-0.2, 0) is 13.1 Å². The van der Waals surface area contributed by atoms with Crippen LogP contribution in [0, 0.1) is 0 Å². The molecule has 6 heteroatoms. The fourth-order valence-corrected chi connectivity index (χ4v) is 1.87. The normalized spacial score (nSPS) is 12.0. The van der Waals surface area contributed by atoms with Crippen molar-refractivity contribution in [1.82, 2.24) is 4.57 Å². The standard InChI is InChI=1S/C12H11F3N2O/c13-12(14,15)7-17-10-4-2-1-3-8(10)5-9(6-16)11(17)18/h1-5H,6-7,16H2. The van der Waals surface area contributed by atoms with Crippen molar-refractivity contribution in [2.75, 3.05) is 0 Å². The fraction of sp³-hybridized carbons (Fsp3) is 0.250. The predicted molar refractivity (Wildman–Crippen MR) is 62.2 cm³/mol. The summed E-state index contributed by atoms with van der Waals surface area (Å²) in [6.45, 7) is -1.39. The van der Waals surface area contributed by atoms with Crippen LogP contribution in [0.4, 0.5) is 13.2 Å². The Balaban J connectivity index is 2.75. The minimum Gasteiger partial charge on any atom is -0.326 e. The van der Waals surface area contributed by atoms with E-state index in [1.807, 2.05) is 0 Å². The van der Waals surface area contributed by atoms with Crippen molar-refractivity contribution in [3.63, 3.8) is 0 Å². The maximum atomic E-state index is 12.5. The van der Waals surface area contributed by atoms with Crippen LogP contribution in [0.3, 0.4) is 0 Å². The molecule has 1 aromatic heterocycles. The zero-order valence-electron chi connectivity index (χ0n) is 9.37. The van der Waals surface area contributed by atoms with Crippen molar-refractivity contribution in [3.05, 3.63) is 46.2 Å². The minimum atomic E-state index is -4.44. The van der Waals surface area contributed by atoms with E-state index >= 15 is 0 Å². The van der Waals surface area contributed by atoms with E-state index in [1.165, 1.54) is 12.1 Å². The monoisotopic (exact) mass is 256 g/mol. The van der Waals surface area contributed by atoms with Crippen LogP contribution in [0.1, 0.15) is 5.56 Å². The van der Waals surface area contributed by atoms with Crippen molar-refractivity contribution >= 4 is 10.9 Å². The molecule has 0 spiro atoms.